The molecule has 138 valence electrons. The average molecular weight is 375 g/mol. The Labute approximate surface area is 152 Å². The molecule has 3 N–H and O–H groups in total. The largest absolute Gasteiger partial charge is 0.497 e. The van der Waals surface area contributed by atoms with Gasteiger partial charge in [0.05, 0.1) is 18.6 Å². The molecule has 7 nitrogen and oxygen atoms in total. The zero-order valence-electron chi connectivity index (χ0n) is 14.6. The zero-order valence-corrected chi connectivity index (χ0v) is 15.4. The number of carbonyl (C=O) groups is 1. The highest BCUT2D eigenvalue weighted by molar-refractivity contribution is 7.89. The van der Waals surface area contributed by atoms with Crippen molar-refractivity contribution in [3.05, 3.63) is 48.0 Å². The lowest BCUT2D eigenvalue weighted by Crippen LogP contribution is -2.37. The van der Waals surface area contributed by atoms with Crippen LogP contribution in [0.15, 0.2) is 47.4 Å². The molecule has 0 saturated carbocycles. The van der Waals surface area contributed by atoms with Crippen LogP contribution in [-0.4, -0.2) is 34.0 Å². The second kappa shape index (κ2) is 6.97. The number of nitrogens with one attached hydrogen (secondary N) is 1. The summed E-state index contributed by atoms with van der Waals surface area (Å²) in [6, 6.07) is 12.0. The van der Waals surface area contributed by atoms with Crippen LogP contribution in [-0.2, 0) is 21.2 Å². The third kappa shape index (κ3) is 3.81. The van der Waals surface area contributed by atoms with E-state index in [9.17, 15) is 13.2 Å². The molecule has 2 aromatic rings. The monoisotopic (exact) mass is 375 g/mol. The maximum absolute atomic E-state index is 12.4. The number of ether oxygens (including phenoxy) is 1. The van der Waals surface area contributed by atoms with Crippen LogP contribution in [0.1, 0.15) is 12.5 Å². The minimum atomic E-state index is -3.74. The molecule has 8 heteroatoms. The number of benzene rings is 2. The Morgan fingerprint density at radius 3 is 2.77 bits per heavy atom. The fourth-order valence-electron chi connectivity index (χ4n) is 3.15. The normalized spacial score (nSPS) is 16.3. The second-order valence-corrected chi connectivity index (χ2v) is 7.86. The quantitative estimate of drug-likeness (QED) is 0.829. The van der Waals surface area contributed by atoms with E-state index in [0.29, 0.717) is 17.9 Å². The number of hydrogen-bond donors (Lipinski definition) is 2. The van der Waals surface area contributed by atoms with E-state index < -0.39 is 10.0 Å². The summed E-state index contributed by atoms with van der Waals surface area (Å²) in [7, 11) is -2.17. The molecule has 2 aromatic carbocycles. The third-order valence-corrected chi connectivity index (χ3v) is 5.31. The lowest BCUT2D eigenvalue weighted by molar-refractivity contribution is -0.115. The summed E-state index contributed by atoms with van der Waals surface area (Å²) in [5, 5.41) is 8.05. The van der Waals surface area contributed by atoms with Crippen molar-refractivity contribution >= 4 is 27.3 Å². The highest BCUT2D eigenvalue weighted by Crippen LogP contribution is 2.33. The molecular formula is C18H21N3O4S. The van der Waals surface area contributed by atoms with Crippen LogP contribution in [0.25, 0.3) is 0 Å². The van der Waals surface area contributed by atoms with Gasteiger partial charge in [0, 0.05) is 23.5 Å². The van der Waals surface area contributed by atoms with E-state index in [4.69, 9.17) is 9.88 Å². The first-order chi connectivity index (χ1) is 12.3. The highest BCUT2D eigenvalue weighted by Gasteiger charge is 2.28. The number of fused-ring (bicyclic) bond motifs is 1. The molecular weight excluding hydrogens is 354 g/mol. The zero-order chi connectivity index (χ0) is 18.9. The van der Waals surface area contributed by atoms with E-state index >= 15 is 0 Å². The van der Waals surface area contributed by atoms with Gasteiger partial charge in [-0.25, -0.2) is 13.6 Å². The maximum atomic E-state index is 12.4. The predicted molar refractivity (Wildman–Crippen MR) is 100.0 cm³/mol. The van der Waals surface area contributed by atoms with E-state index in [1.807, 2.05) is 11.8 Å². The number of nitrogens with zero attached hydrogens (tertiary/aromatic N) is 1. The topological polar surface area (TPSA) is 102 Å². The van der Waals surface area contributed by atoms with Crippen LogP contribution in [0.3, 0.4) is 0 Å². The molecule has 0 aliphatic carbocycles. The van der Waals surface area contributed by atoms with E-state index in [1.165, 1.54) is 6.07 Å². The van der Waals surface area contributed by atoms with Crippen molar-refractivity contribution in [1.29, 1.82) is 0 Å². The average Bonchev–Trinajstić information content (AvgIpc) is 2.89. The third-order valence-electron chi connectivity index (χ3n) is 4.40. The molecule has 1 heterocycles. The summed E-state index contributed by atoms with van der Waals surface area (Å²) in [6.07, 6.45) is 0.658. The van der Waals surface area contributed by atoms with Crippen LogP contribution < -0.4 is 20.1 Å². The molecule has 0 aromatic heterocycles. The number of rotatable bonds is 5. The highest BCUT2D eigenvalue weighted by atomic mass is 32.2. The van der Waals surface area contributed by atoms with Crippen molar-refractivity contribution in [1.82, 2.24) is 0 Å². The molecule has 0 saturated heterocycles. The Morgan fingerprint density at radius 2 is 2.08 bits per heavy atom. The molecule has 0 unspecified atom stereocenters. The standard InChI is InChI=1S/C18H21N3O4S/c1-12-8-13-9-16(26(19,23)24)6-7-17(13)21(12)11-18(22)20-14-4-3-5-15(10-14)25-2/h3-7,9-10,12H,8,11H2,1-2H3,(H,20,22)(H2,19,23,24)/t12-/m0/s1. The Hall–Kier alpha value is -2.58. The van der Waals surface area contributed by atoms with Gasteiger partial charge in [-0.2, -0.15) is 0 Å². The van der Waals surface area contributed by atoms with E-state index in [0.717, 1.165) is 11.3 Å². The minimum absolute atomic E-state index is 0.0804. The van der Waals surface area contributed by atoms with Gasteiger partial charge in [0.25, 0.3) is 0 Å². The molecule has 1 amide bonds. The summed E-state index contributed by atoms with van der Waals surface area (Å²) in [5.74, 6) is 0.506. The molecule has 3 rings (SSSR count). The molecule has 1 aliphatic rings. The summed E-state index contributed by atoms with van der Waals surface area (Å²) in [6.45, 7) is 2.16. The van der Waals surface area contributed by atoms with Crippen molar-refractivity contribution in [2.45, 2.75) is 24.3 Å². The van der Waals surface area contributed by atoms with Crippen LogP contribution >= 0.6 is 0 Å². The van der Waals surface area contributed by atoms with Gasteiger partial charge in [-0.05, 0) is 49.2 Å². The SMILES string of the molecule is COc1cccc(NC(=O)CN2c3ccc(S(N)(=O)=O)cc3C[C@@H]2C)c1. The van der Waals surface area contributed by atoms with Gasteiger partial charge in [0.1, 0.15) is 5.75 Å². The first-order valence-corrected chi connectivity index (χ1v) is 9.69. The van der Waals surface area contributed by atoms with Crippen molar-refractivity contribution in [2.24, 2.45) is 5.14 Å². The Balaban J connectivity index is 1.75. The second-order valence-electron chi connectivity index (χ2n) is 6.30. The van der Waals surface area contributed by atoms with Gasteiger partial charge < -0.3 is 15.0 Å². The lowest BCUT2D eigenvalue weighted by atomic mass is 10.1. The molecule has 1 aliphatic heterocycles. The summed E-state index contributed by atoms with van der Waals surface area (Å²) in [5.41, 5.74) is 2.38. The number of primary sulfonamides is 1. The van der Waals surface area contributed by atoms with E-state index in [1.54, 1.807) is 43.5 Å². The van der Waals surface area contributed by atoms with Crippen molar-refractivity contribution in [3.63, 3.8) is 0 Å². The fraction of sp³-hybridized carbons (Fsp3) is 0.278. The number of sulfonamides is 1. The van der Waals surface area contributed by atoms with Crippen LogP contribution in [0.2, 0.25) is 0 Å². The van der Waals surface area contributed by atoms with Gasteiger partial charge >= 0.3 is 0 Å². The molecule has 0 bridgehead atoms. The molecule has 0 fully saturated rings. The van der Waals surface area contributed by atoms with Crippen molar-refractivity contribution in [2.75, 3.05) is 23.9 Å². The van der Waals surface area contributed by atoms with Gasteiger partial charge in [-0.3, -0.25) is 4.79 Å². The van der Waals surface area contributed by atoms with Gasteiger partial charge in [0.15, 0.2) is 0 Å². The molecule has 26 heavy (non-hydrogen) atoms. The molecule has 0 radical (unpaired) electrons. The number of nitrogens with two attached hydrogens (primary N) is 1. The van der Waals surface area contributed by atoms with Crippen molar-refractivity contribution < 1.29 is 17.9 Å². The maximum Gasteiger partial charge on any atom is 0.243 e. The Kier molecular flexibility index (Phi) is 4.88. The number of methoxy groups -OCH3 is 1. The Bertz CT molecular complexity index is 943. The fourth-order valence-corrected chi connectivity index (χ4v) is 3.71. The van der Waals surface area contributed by atoms with Crippen LogP contribution in [0.4, 0.5) is 11.4 Å². The van der Waals surface area contributed by atoms with Gasteiger partial charge in [0.2, 0.25) is 15.9 Å². The first kappa shape index (κ1) is 18.2. The molecule has 0 spiro atoms. The number of carbonyl (C=O) groups excluding carboxylic acids is 1. The number of anilines is 2. The first-order valence-electron chi connectivity index (χ1n) is 8.14. The van der Waals surface area contributed by atoms with Crippen molar-refractivity contribution in [3.8, 4) is 5.75 Å². The Morgan fingerprint density at radius 1 is 1.31 bits per heavy atom. The van der Waals surface area contributed by atoms with Gasteiger partial charge in [-0.1, -0.05) is 6.07 Å². The lowest BCUT2D eigenvalue weighted by Gasteiger charge is -2.24. The molecule has 1 atom stereocenters. The number of hydrogen-bond acceptors (Lipinski definition) is 5. The van der Waals surface area contributed by atoms with Crippen LogP contribution in [0, 0.1) is 0 Å². The van der Waals surface area contributed by atoms with Crippen LogP contribution in [0.5, 0.6) is 5.75 Å². The van der Waals surface area contributed by atoms with Gasteiger partial charge in [-0.15, -0.1) is 0 Å². The smallest absolute Gasteiger partial charge is 0.243 e. The summed E-state index contributed by atoms with van der Waals surface area (Å²) in [4.78, 5) is 14.5. The summed E-state index contributed by atoms with van der Waals surface area (Å²) >= 11 is 0. The predicted octanol–water partition coefficient (Wildman–Crippen LogP) is 1.73. The van der Waals surface area contributed by atoms with E-state index in [2.05, 4.69) is 5.32 Å². The minimum Gasteiger partial charge on any atom is -0.497 e. The number of amides is 1. The van der Waals surface area contributed by atoms with E-state index in [-0.39, 0.29) is 23.4 Å². The summed E-state index contributed by atoms with van der Waals surface area (Å²) < 4.78 is 28.2.